The number of Topliss-reactive ketones (excluding diaryl/α,β-unsaturated/α-hetero) is 1. The van der Waals surface area contributed by atoms with Crippen LogP contribution in [0.3, 0.4) is 0 Å². The highest BCUT2D eigenvalue weighted by Gasteiger charge is 2.41. The monoisotopic (exact) mass is 350 g/mol. The zero-order valence-electron chi connectivity index (χ0n) is 14.7. The molecule has 132 valence electrons. The third-order valence-electron chi connectivity index (χ3n) is 4.70. The molecule has 0 radical (unpaired) electrons. The molecule has 0 saturated carbocycles. The summed E-state index contributed by atoms with van der Waals surface area (Å²) in [6.07, 6.45) is -1.74. The molecule has 1 aromatic heterocycles. The Morgan fingerprint density at radius 2 is 1.92 bits per heavy atom. The van der Waals surface area contributed by atoms with E-state index < -0.39 is 18.2 Å². The van der Waals surface area contributed by atoms with Gasteiger partial charge in [0.2, 0.25) is 11.9 Å². The maximum Gasteiger partial charge on any atom is 0.303 e. The summed E-state index contributed by atoms with van der Waals surface area (Å²) in [5.41, 5.74) is 2.67. The van der Waals surface area contributed by atoms with Gasteiger partial charge >= 0.3 is 5.97 Å². The van der Waals surface area contributed by atoms with Crippen LogP contribution in [0.25, 0.3) is 11.0 Å². The van der Waals surface area contributed by atoms with Crippen molar-refractivity contribution >= 4 is 22.8 Å². The maximum atomic E-state index is 13.1. The first-order valence-corrected chi connectivity index (χ1v) is 8.36. The molecule has 0 bridgehead atoms. The van der Waals surface area contributed by atoms with E-state index in [2.05, 4.69) is 4.98 Å². The number of ketones is 1. The number of esters is 1. The Labute approximate surface area is 150 Å². The summed E-state index contributed by atoms with van der Waals surface area (Å²) >= 11 is 0. The number of aryl methyl sites for hydroxylation is 2. The number of carbonyl (C=O) groups is 2. The van der Waals surface area contributed by atoms with E-state index >= 15 is 0 Å². The predicted molar refractivity (Wildman–Crippen MR) is 95.1 cm³/mol. The molecule has 2 aromatic carbocycles. The predicted octanol–water partition coefficient (Wildman–Crippen LogP) is 3.13. The largest absolute Gasteiger partial charge is 0.478 e. The molecule has 2 atom stereocenters. The molecular weight excluding hydrogens is 332 g/mol. The van der Waals surface area contributed by atoms with E-state index in [4.69, 9.17) is 9.47 Å². The summed E-state index contributed by atoms with van der Waals surface area (Å²) in [5, 5.41) is 0. The summed E-state index contributed by atoms with van der Waals surface area (Å²) in [7, 11) is 1.91. The normalized spacial score (nSPS) is 19.1. The fourth-order valence-electron chi connectivity index (χ4n) is 3.32. The topological polar surface area (TPSA) is 70.4 Å². The molecule has 0 fully saturated rings. The lowest BCUT2D eigenvalue weighted by Gasteiger charge is -2.32. The molecule has 26 heavy (non-hydrogen) atoms. The molecule has 6 heteroatoms. The van der Waals surface area contributed by atoms with E-state index in [1.165, 1.54) is 6.92 Å². The van der Waals surface area contributed by atoms with Crippen molar-refractivity contribution in [3.63, 3.8) is 0 Å². The van der Waals surface area contributed by atoms with E-state index in [9.17, 15) is 9.59 Å². The van der Waals surface area contributed by atoms with Crippen LogP contribution < -0.4 is 4.74 Å². The van der Waals surface area contributed by atoms with Crippen LogP contribution in [0.2, 0.25) is 0 Å². The molecule has 0 N–H and O–H groups in total. The summed E-state index contributed by atoms with van der Waals surface area (Å²) in [4.78, 5) is 29.2. The van der Waals surface area contributed by atoms with Crippen molar-refractivity contribution in [2.75, 3.05) is 0 Å². The fraction of sp³-hybridized carbons (Fsp3) is 0.250. The van der Waals surface area contributed by atoms with Crippen molar-refractivity contribution in [2.45, 2.75) is 26.1 Å². The van der Waals surface area contributed by atoms with Crippen molar-refractivity contribution in [3.05, 3.63) is 59.4 Å². The van der Waals surface area contributed by atoms with Gasteiger partial charge in [-0.3, -0.25) is 9.59 Å². The Kier molecular flexibility index (Phi) is 3.76. The van der Waals surface area contributed by atoms with E-state index in [1.54, 1.807) is 6.07 Å². The van der Waals surface area contributed by atoms with Gasteiger partial charge < -0.3 is 14.0 Å². The number of nitrogens with zero attached hydrogens (tertiary/aromatic N) is 2. The second-order valence-corrected chi connectivity index (χ2v) is 6.37. The molecule has 0 amide bonds. The molecule has 0 saturated heterocycles. The SMILES string of the molecule is CC(=O)O[C@H]1C(=O)c2ccc3c(nc(C)n3C)c2O[C@@H]1c1ccccc1. The first kappa shape index (κ1) is 16.3. The molecule has 1 aliphatic heterocycles. The highest BCUT2D eigenvalue weighted by molar-refractivity contribution is 6.08. The number of fused-ring (bicyclic) bond motifs is 3. The Morgan fingerprint density at radius 3 is 2.62 bits per heavy atom. The lowest BCUT2D eigenvalue weighted by molar-refractivity contribution is -0.148. The number of ether oxygens (including phenoxy) is 2. The smallest absolute Gasteiger partial charge is 0.303 e. The highest BCUT2D eigenvalue weighted by Crippen LogP contribution is 2.40. The van der Waals surface area contributed by atoms with Crippen LogP contribution in [-0.2, 0) is 16.6 Å². The van der Waals surface area contributed by atoms with E-state index in [0.29, 0.717) is 16.8 Å². The number of hydrogen-bond acceptors (Lipinski definition) is 5. The van der Waals surface area contributed by atoms with Crippen molar-refractivity contribution in [1.82, 2.24) is 9.55 Å². The van der Waals surface area contributed by atoms with Crippen molar-refractivity contribution in [3.8, 4) is 5.75 Å². The summed E-state index contributed by atoms with van der Waals surface area (Å²) in [6, 6.07) is 12.8. The van der Waals surface area contributed by atoms with Gasteiger partial charge in [-0.05, 0) is 24.6 Å². The summed E-state index contributed by atoms with van der Waals surface area (Å²) in [6.45, 7) is 3.18. The minimum Gasteiger partial charge on any atom is -0.478 e. The van der Waals surface area contributed by atoms with Crippen LogP contribution >= 0.6 is 0 Å². The Bertz CT molecular complexity index is 1020. The lowest BCUT2D eigenvalue weighted by atomic mass is 9.93. The zero-order chi connectivity index (χ0) is 18.4. The van der Waals surface area contributed by atoms with Crippen LogP contribution in [0.15, 0.2) is 42.5 Å². The molecule has 1 aliphatic rings. The number of rotatable bonds is 2. The van der Waals surface area contributed by atoms with Gasteiger partial charge in [-0.1, -0.05) is 30.3 Å². The molecule has 2 heterocycles. The average Bonchev–Trinajstić information content (AvgIpc) is 2.92. The van der Waals surface area contributed by atoms with Gasteiger partial charge in [0, 0.05) is 14.0 Å². The van der Waals surface area contributed by atoms with Gasteiger partial charge in [0.25, 0.3) is 0 Å². The van der Waals surface area contributed by atoms with Crippen LogP contribution in [0, 0.1) is 6.92 Å². The second kappa shape index (κ2) is 5.98. The van der Waals surface area contributed by atoms with E-state index in [-0.39, 0.29) is 5.78 Å². The molecule has 6 nitrogen and oxygen atoms in total. The van der Waals surface area contributed by atoms with Crippen LogP contribution in [0.1, 0.15) is 34.8 Å². The van der Waals surface area contributed by atoms with Gasteiger partial charge in [0.15, 0.2) is 11.9 Å². The summed E-state index contributed by atoms with van der Waals surface area (Å²) in [5.74, 6) is 0.461. The number of benzene rings is 2. The highest BCUT2D eigenvalue weighted by atomic mass is 16.6. The number of aromatic nitrogens is 2. The Morgan fingerprint density at radius 1 is 1.19 bits per heavy atom. The van der Waals surface area contributed by atoms with Gasteiger partial charge in [0.05, 0.1) is 11.1 Å². The van der Waals surface area contributed by atoms with Crippen molar-refractivity contribution < 1.29 is 19.1 Å². The van der Waals surface area contributed by atoms with E-state index in [0.717, 1.165) is 16.9 Å². The lowest BCUT2D eigenvalue weighted by Crippen LogP contribution is -2.39. The van der Waals surface area contributed by atoms with Gasteiger partial charge in [-0.25, -0.2) is 4.98 Å². The molecular formula is C20H18N2O4. The van der Waals surface area contributed by atoms with Crippen LogP contribution in [0.4, 0.5) is 0 Å². The van der Waals surface area contributed by atoms with Crippen molar-refractivity contribution in [2.24, 2.45) is 7.05 Å². The molecule has 0 aliphatic carbocycles. The van der Waals surface area contributed by atoms with E-state index in [1.807, 2.05) is 54.9 Å². The zero-order valence-corrected chi connectivity index (χ0v) is 14.7. The average molecular weight is 350 g/mol. The minimum atomic E-state index is -1.02. The third-order valence-corrected chi connectivity index (χ3v) is 4.70. The van der Waals surface area contributed by atoms with Crippen LogP contribution in [-0.4, -0.2) is 27.4 Å². The first-order valence-electron chi connectivity index (χ1n) is 8.36. The first-order chi connectivity index (χ1) is 12.5. The third kappa shape index (κ3) is 2.45. The van der Waals surface area contributed by atoms with Gasteiger partial charge in [0.1, 0.15) is 11.3 Å². The summed E-state index contributed by atoms with van der Waals surface area (Å²) < 4.78 is 13.5. The quantitative estimate of drug-likeness (QED) is 0.664. The number of imidazole rings is 1. The standard InChI is InChI=1S/C20H18N2O4/c1-11-21-16-15(22(11)3)10-9-14-17(24)20(25-12(2)23)18(26-19(14)16)13-7-5-4-6-8-13/h4-10,18,20H,1-3H3/t18-,20+/m1/s1. The van der Waals surface area contributed by atoms with Crippen molar-refractivity contribution in [1.29, 1.82) is 0 Å². The Balaban J connectivity index is 1.91. The molecule has 3 aromatic rings. The Hall–Kier alpha value is -3.15. The van der Waals surface area contributed by atoms with Gasteiger partial charge in [-0.15, -0.1) is 0 Å². The molecule has 4 rings (SSSR count). The number of hydrogen-bond donors (Lipinski definition) is 0. The molecule has 0 unspecified atom stereocenters. The number of carbonyl (C=O) groups excluding carboxylic acids is 2. The second-order valence-electron chi connectivity index (χ2n) is 6.37. The minimum absolute atomic E-state index is 0.277. The maximum absolute atomic E-state index is 13.1. The molecule has 0 spiro atoms. The fourth-order valence-corrected chi connectivity index (χ4v) is 3.32. The van der Waals surface area contributed by atoms with Gasteiger partial charge in [-0.2, -0.15) is 0 Å². The van der Waals surface area contributed by atoms with Crippen LogP contribution in [0.5, 0.6) is 5.75 Å².